The Morgan fingerprint density at radius 2 is 2.23 bits per heavy atom. The van der Waals surface area contributed by atoms with E-state index in [2.05, 4.69) is 11.2 Å². The summed E-state index contributed by atoms with van der Waals surface area (Å²) in [6.45, 7) is 4.58. The Morgan fingerprint density at radius 1 is 1.41 bits per heavy atom. The number of nitrogens with zero attached hydrogens (tertiary/aromatic N) is 2. The number of hydrogen-bond donors (Lipinski definition) is 1. The molecule has 0 radical (unpaired) electrons. The lowest BCUT2D eigenvalue weighted by Crippen LogP contribution is -2.31. The molecule has 112 valence electrons. The molecule has 0 saturated carbocycles. The SMILES string of the molecule is C#Cc1cc2c(C)c(C=O)ccc2n1CCN1CCNC1=O. The second kappa shape index (κ2) is 5.57. The van der Waals surface area contributed by atoms with Gasteiger partial charge in [-0.15, -0.1) is 6.42 Å². The number of carbonyl (C=O) groups excluding carboxylic acids is 2. The number of rotatable bonds is 4. The Labute approximate surface area is 128 Å². The summed E-state index contributed by atoms with van der Waals surface area (Å²) in [6, 6.07) is 5.63. The molecule has 0 spiro atoms. The molecule has 0 bridgehead atoms. The number of carbonyl (C=O) groups is 2. The molecule has 1 N–H and O–H groups in total. The molecule has 1 saturated heterocycles. The van der Waals surface area contributed by atoms with E-state index in [-0.39, 0.29) is 6.03 Å². The highest BCUT2D eigenvalue weighted by Gasteiger charge is 2.19. The number of aldehydes is 1. The normalized spacial score (nSPS) is 14.2. The molecule has 3 rings (SSSR count). The smallest absolute Gasteiger partial charge is 0.317 e. The van der Waals surface area contributed by atoms with Crippen molar-refractivity contribution >= 4 is 23.2 Å². The predicted octanol–water partition coefficient (Wildman–Crippen LogP) is 1.77. The van der Waals surface area contributed by atoms with E-state index in [0.29, 0.717) is 25.2 Å². The summed E-state index contributed by atoms with van der Waals surface area (Å²) >= 11 is 0. The minimum Gasteiger partial charge on any atom is -0.336 e. The van der Waals surface area contributed by atoms with Gasteiger partial charge in [-0.1, -0.05) is 5.92 Å². The highest BCUT2D eigenvalue weighted by molar-refractivity contribution is 5.92. The van der Waals surface area contributed by atoms with E-state index in [1.807, 2.05) is 29.7 Å². The molecular formula is C17H17N3O2. The van der Waals surface area contributed by atoms with Gasteiger partial charge < -0.3 is 14.8 Å². The molecule has 1 aliphatic rings. The average Bonchev–Trinajstić information content (AvgIpc) is 3.09. The first-order chi connectivity index (χ1) is 10.7. The van der Waals surface area contributed by atoms with Gasteiger partial charge in [0, 0.05) is 42.6 Å². The van der Waals surface area contributed by atoms with Crippen molar-refractivity contribution in [2.45, 2.75) is 13.5 Å². The van der Waals surface area contributed by atoms with Crippen molar-refractivity contribution in [3.05, 3.63) is 35.0 Å². The maximum Gasteiger partial charge on any atom is 0.317 e. The Bertz CT molecular complexity index is 798. The second-order valence-corrected chi connectivity index (χ2v) is 5.37. The number of urea groups is 1. The predicted molar refractivity (Wildman–Crippen MR) is 85.0 cm³/mol. The fraction of sp³-hybridized carbons (Fsp3) is 0.294. The van der Waals surface area contributed by atoms with Crippen LogP contribution >= 0.6 is 0 Å². The lowest BCUT2D eigenvalue weighted by molar-refractivity contribution is 0.112. The van der Waals surface area contributed by atoms with Gasteiger partial charge in [0.05, 0.1) is 5.69 Å². The van der Waals surface area contributed by atoms with Crippen LogP contribution in [0.4, 0.5) is 4.79 Å². The molecule has 0 unspecified atom stereocenters. The van der Waals surface area contributed by atoms with Crippen molar-refractivity contribution in [2.24, 2.45) is 0 Å². The molecule has 2 heterocycles. The zero-order chi connectivity index (χ0) is 15.7. The molecule has 2 amide bonds. The highest BCUT2D eigenvalue weighted by Crippen LogP contribution is 2.25. The van der Waals surface area contributed by atoms with Gasteiger partial charge in [-0.3, -0.25) is 4.79 Å². The van der Waals surface area contributed by atoms with E-state index in [1.54, 1.807) is 4.90 Å². The Kier molecular flexibility index (Phi) is 3.60. The number of benzene rings is 1. The van der Waals surface area contributed by atoms with Crippen molar-refractivity contribution in [3.63, 3.8) is 0 Å². The molecule has 1 aromatic heterocycles. The summed E-state index contributed by atoms with van der Waals surface area (Å²) in [5, 5.41) is 3.78. The average molecular weight is 295 g/mol. The van der Waals surface area contributed by atoms with Gasteiger partial charge in [-0.05, 0) is 30.7 Å². The molecule has 22 heavy (non-hydrogen) atoms. The van der Waals surface area contributed by atoms with Crippen LogP contribution in [-0.2, 0) is 6.54 Å². The molecule has 0 atom stereocenters. The van der Waals surface area contributed by atoms with Crippen LogP contribution in [0.3, 0.4) is 0 Å². The van der Waals surface area contributed by atoms with E-state index in [4.69, 9.17) is 6.42 Å². The van der Waals surface area contributed by atoms with Crippen molar-refractivity contribution < 1.29 is 9.59 Å². The first-order valence-electron chi connectivity index (χ1n) is 7.23. The highest BCUT2D eigenvalue weighted by atomic mass is 16.2. The standard InChI is InChI=1S/C17H17N3O2/c1-3-14-10-15-12(2)13(11-21)4-5-16(15)20(14)9-8-19-7-6-18-17(19)22/h1,4-5,10-11H,6-9H2,2H3,(H,18,22). The van der Waals surface area contributed by atoms with Crippen LogP contribution in [0.1, 0.15) is 21.6 Å². The molecule has 1 fully saturated rings. The van der Waals surface area contributed by atoms with Crippen molar-refractivity contribution in [1.82, 2.24) is 14.8 Å². The molecular weight excluding hydrogens is 278 g/mol. The third-order valence-corrected chi connectivity index (χ3v) is 4.21. The van der Waals surface area contributed by atoms with Gasteiger partial charge >= 0.3 is 6.03 Å². The maximum absolute atomic E-state index is 11.6. The number of amides is 2. The van der Waals surface area contributed by atoms with Crippen molar-refractivity contribution in [1.29, 1.82) is 0 Å². The zero-order valence-corrected chi connectivity index (χ0v) is 12.4. The van der Waals surface area contributed by atoms with Crippen LogP contribution in [0, 0.1) is 19.3 Å². The Morgan fingerprint density at radius 3 is 2.86 bits per heavy atom. The van der Waals surface area contributed by atoms with E-state index in [0.717, 1.165) is 35.0 Å². The van der Waals surface area contributed by atoms with Gasteiger partial charge in [0.15, 0.2) is 0 Å². The quantitative estimate of drug-likeness (QED) is 0.690. The monoisotopic (exact) mass is 295 g/mol. The molecule has 2 aromatic rings. The number of aryl methyl sites for hydroxylation is 1. The molecule has 1 aliphatic heterocycles. The van der Waals surface area contributed by atoms with Crippen LogP contribution in [0.2, 0.25) is 0 Å². The first-order valence-corrected chi connectivity index (χ1v) is 7.23. The molecule has 0 aliphatic carbocycles. The summed E-state index contributed by atoms with van der Waals surface area (Å²) in [7, 11) is 0. The lowest BCUT2D eigenvalue weighted by Gasteiger charge is -2.16. The van der Waals surface area contributed by atoms with Crippen LogP contribution in [0.15, 0.2) is 18.2 Å². The van der Waals surface area contributed by atoms with Gasteiger partial charge in [0.25, 0.3) is 0 Å². The van der Waals surface area contributed by atoms with Gasteiger partial charge in [0.2, 0.25) is 0 Å². The fourth-order valence-corrected chi connectivity index (χ4v) is 2.93. The summed E-state index contributed by atoms with van der Waals surface area (Å²) in [5.41, 5.74) is 3.37. The number of aromatic nitrogens is 1. The third kappa shape index (κ3) is 2.23. The Balaban J connectivity index is 1.97. The molecule has 5 nitrogen and oxygen atoms in total. The summed E-state index contributed by atoms with van der Waals surface area (Å²) < 4.78 is 2.03. The Hall–Kier alpha value is -2.74. The summed E-state index contributed by atoms with van der Waals surface area (Å²) in [4.78, 5) is 24.5. The number of hydrogen-bond acceptors (Lipinski definition) is 2. The van der Waals surface area contributed by atoms with E-state index >= 15 is 0 Å². The zero-order valence-electron chi connectivity index (χ0n) is 12.4. The van der Waals surface area contributed by atoms with Crippen LogP contribution < -0.4 is 5.32 Å². The van der Waals surface area contributed by atoms with E-state index in [1.165, 1.54) is 0 Å². The van der Waals surface area contributed by atoms with Gasteiger partial charge in [-0.2, -0.15) is 0 Å². The van der Waals surface area contributed by atoms with E-state index < -0.39 is 0 Å². The summed E-state index contributed by atoms with van der Waals surface area (Å²) in [5.74, 6) is 2.69. The van der Waals surface area contributed by atoms with Crippen LogP contribution in [0.25, 0.3) is 10.9 Å². The fourth-order valence-electron chi connectivity index (χ4n) is 2.93. The largest absolute Gasteiger partial charge is 0.336 e. The topological polar surface area (TPSA) is 54.3 Å². The van der Waals surface area contributed by atoms with Gasteiger partial charge in [0.1, 0.15) is 6.29 Å². The van der Waals surface area contributed by atoms with Crippen LogP contribution in [-0.4, -0.2) is 41.4 Å². The number of terminal acetylenes is 1. The minimum atomic E-state index is -0.0295. The molecule has 5 heteroatoms. The first kappa shape index (κ1) is 14.2. The van der Waals surface area contributed by atoms with Gasteiger partial charge in [-0.25, -0.2) is 4.79 Å². The second-order valence-electron chi connectivity index (χ2n) is 5.37. The van der Waals surface area contributed by atoms with Crippen molar-refractivity contribution in [3.8, 4) is 12.3 Å². The molecule has 1 aromatic carbocycles. The third-order valence-electron chi connectivity index (χ3n) is 4.21. The number of nitrogens with one attached hydrogen (secondary N) is 1. The summed E-state index contributed by atoms with van der Waals surface area (Å²) in [6.07, 6.45) is 6.47. The van der Waals surface area contributed by atoms with Crippen molar-refractivity contribution in [2.75, 3.05) is 19.6 Å². The van der Waals surface area contributed by atoms with Crippen LogP contribution in [0.5, 0.6) is 0 Å². The van der Waals surface area contributed by atoms with E-state index in [9.17, 15) is 9.59 Å². The number of fused-ring (bicyclic) bond motifs is 1. The minimum absolute atomic E-state index is 0.0295. The maximum atomic E-state index is 11.6. The lowest BCUT2D eigenvalue weighted by atomic mass is 10.1.